The molecule has 0 spiro atoms. The molecule has 0 aliphatic heterocycles. The lowest BCUT2D eigenvalue weighted by molar-refractivity contribution is -0.137. The van der Waals surface area contributed by atoms with Gasteiger partial charge in [0, 0.05) is 31.3 Å². The number of esters is 1. The van der Waals surface area contributed by atoms with Crippen LogP contribution in [0.25, 0.3) is 0 Å². The second kappa shape index (κ2) is 6.37. The van der Waals surface area contributed by atoms with E-state index in [4.69, 9.17) is 0 Å². The molecule has 1 aliphatic carbocycles. The standard InChI is InChI=1S/C16H21NO3/c1-16(2)9-6-7-12(8-10-16)14(18)13(11-17(3)4)15(19)20-5/h6-11H,1-5H3/b13-11-. The molecule has 0 N–H and O–H groups in total. The maximum absolute atomic E-state index is 12.4. The molecular formula is C16H21NO3. The molecule has 0 heterocycles. The summed E-state index contributed by atoms with van der Waals surface area (Å²) < 4.78 is 4.67. The fourth-order valence-electron chi connectivity index (χ4n) is 1.69. The summed E-state index contributed by atoms with van der Waals surface area (Å²) in [5.74, 6) is -0.977. The van der Waals surface area contributed by atoms with Crippen molar-refractivity contribution in [2.75, 3.05) is 21.2 Å². The molecule has 0 radical (unpaired) electrons. The van der Waals surface area contributed by atoms with Gasteiger partial charge in [0.15, 0.2) is 0 Å². The third-order valence-electron chi connectivity index (χ3n) is 2.79. The molecule has 0 aromatic heterocycles. The number of ether oxygens (including phenoxy) is 1. The topological polar surface area (TPSA) is 46.6 Å². The third-order valence-corrected chi connectivity index (χ3v) is 2.79. The summed E-state index contributed by atoms with van der Waals surface area (Å²) in [5.41, 5.74) is 0.363. The molecule has 0 unspecified atom stereocenters. The Morgan fingerprint density at radius 3 is 2.45 bits per heavy atom. The molecule has 0 fully saturated rings. The number of carbonyl (C=O) groups is 2. The van der Waals surface area contributed by atoms with Gasteiger partial charge in [-0.3, -0.25) is 4.79 Å². The van der Waals surface area contributed by atoms with Crippen LogP contribution in [0.1, 0.15) is 13.8 Å². The van der Waals surface area contributed by atoms with Crippen LogP contribution < -0.4 is 0 Å². The van der Waals surface area contributed by atoms with Gasteiger partial charge in [-0.2, -0.15) is 0 Å². The summed E-state index contributed by atoms with van der Waals surface area (Å²) in [6.07, 6.45) is 10.7. The Morgan fingerprint density at radius 1 is 1.25 bits per heavy atom. The van der Waals surface area contributed by atoms with Crippen LogP contribution in [0.2, 0.25) is 0 Å². The first kappa shape index (κ1) is 16.0. The first-order valence-corrected chi connectivity index (χ1v) is 6.37. The molecule has 0 amide bonds. The van der Waals surface area contributed by atoms with Crippen molar-refractivity contribution in [1.82, 2.24) is 4.90 Å². The number of nitrogens with zero attached hydrogens (tertiary/aromatic N) is 1. The summed E-state index contributed by atoms with van der Waals surface area (Å²) >= 11 is 0. The van der Waals surface area contributed by atoms with E-state index in [0.29, 0.717) is 5.57 Å². The van der Waals surface area contributed by atoms with Crippen molar-refractivity contribution in [3.05, 3.63) is 47.7 Å². The number of allylic oxidation sites excluding steroid dienone is 6. The van der Waals surface area contributed by atoms with Gasteiger partial charge >= 0.3 is 5.97 Å². The summed E-state index contributed by atoms with van der Waals surface area (Å²) in [5, 5.41) is 0. The number of ketones is 1. The quantitative estimate of drug-likeness (QED) is 0.342. The van der Waals surface area contributed by atoms with Crippen LogP contribution in [-0.2, 0) is 14.3 Å². The summed E-state index contributed by atoms with van der Waals surface area (Å²) in [6, 6.07) is 0. The monoisotopic (exact) mass is 275 g/mol. The molecule has 0 aromatic rings. The van der Waals surface area contributed by atoms with Gasteiger partial charge in [-0.1, -0.05) is 44.2 Å². The van der Waals surface area contributed by atoms with E-state index < -0.39 is 5.97 Å². The molecule has 108 valence electrons. The first-order chi connectivity index (χ1) is 9.26. The van der Waals surface area contributed by atoms with E-state index in [1.807, 2.05) is 32.1 Å². The number of hydrogen-bond donors (Lipinski definition) is 0. The van der Waals surface area contributed by atoms with E-state index >= 15 is 0 Å². The average Bonchev–Trinajstić information content (AvgIpc) is 2.55. The van der Waals surface area contributed by atoms with Gasteiger partial charge in [0.25, 0.3) is 0 Å². The number of hydrogen-bond acceptors (Lipinski definition) is 4. The van der Waals surface area contributed by atoms with Crippen LogP contribution >= 0.6 is 0 Å². The summed E-state index contributed by atoms with van der Waals surface area (Å²) in [7, 11) is 4.76. The Kier molecular flexibility index (Phi) is 5.08. The van der Waals surface area contributed by atoms with E-state index in [9.17, 15) is 9.59 Å². The minimum atomic E-state index is -0.634. The fraction of sp³-hybridized carbons (Fsp3) is 0.375. The van der Waals surface area contributed by atoms with Crippen molar-refractivity contribution in [3.63, 3.8) is 0 Å². The number of Topliss-reactive ketones (excluding diaryl/α,β-unsaturated/α-hetero) is 1. The molecule has 1 rings (SSSR count). The van der Waals surface area contributed by atoms with E-state index in [0.717, 1.165) is 0 Å². The lowest BCUT2D eigenvalue weighted by atomic mass is 9.93. The maximum Gasteiger partial charge on any atom is 0.343 e. The van der Waals surface area contributed by atoms with Gasteiger partial charge in [0.05, 0.1) is 7.11 Å². The van der Waals surface area contributed by atoms with E-state index in [1.54, 1.807) is 31.1 Å². The molecule has 4 nitrogen and oxygen atoms in total. The molecule has 0 aromatic carbocycles. The van der Waals surface area contributed by atoms with Crippen LogP contribution in [0.15, 0.2) is 47.7 Å². The zero-order valence-electron chi connectivity index (χ0n) is 12.6. The van der Waals surface area contributed by atoms with Crippen molar-refractivity contribution in [2.24, 2.45) is 5.41 Å². The zero-order valence-corrected chi connectivity index (χ0v) is 12.6. The number of methoxy groups -OCH3 is 1. The molecule has 0 saturated heterocycles. The van der Waals surface area contributed by atoms with Gasteiger partial charge in [-0.15, -0.1) is 0 Å². The Morgan fingerprint density at radius 2 is 1.90 bits per heavy atom. The third kappa shape index (κ3) is 4.23. The molecule has 4 heteroatoms. The normalized spacial score (nSPS) is 17.2. The largest absolute Gasteiger partial charge is 0.465 e. The number of carbonyl (C=O) groups excluding carboxylic acids is 2. The van der Waals surface area contributed by atoms with Crippen LogP contribution in [0.5, 0.6) is 0 Å². The van der Waals surface area contributed by atoms with Gasteiger partial charge < -0.3 is 9.64 Å². The highest BCUT2D eigenvalue weighted by Gasteiger charge is 2.23. The Balaban J connectivity index is 3.12. The van der Waals surface area contributed by atoms with Crippen molar-refractivity contribution in [2.45, 2.75) is 13.8 Å². The summed E-state index contributed by atoms with van der Waals surface area (Å²) in [6.45, 7) is 4.08. The molecule has 0 atom stereocenters. The minimum Gasteiger partial charge on any atom is -0.465 e. The molecule has 0 saturated carbocycles. The highest BCUT2D eigenvalue weighted by atomic mass is 16.5. The smallest absolute Gasteiger partial charge is 0.343 e. The SMILES string of the molecule is COC(=O)/C(=C\N(C)C)C(=O)C1=CC=CC(C)(C)C=C1. The van der Waals surface area contributed by atoms with Crippen LogP contribution in [-0.4, -0.2) is 37.9 Å². The maximum atomic E-state index is 12.4. The lowest BCUT2D eigenvalue weighted by Gasteiger charge is -2.12. The van der Waals surface area contributed by atoms with Gasteiger partial charge in [-0.25, -0.2) is 4.79 Å². The molecule has 0 bridgehead atoms. The van der Waals surface area contributed by atoms with Crippen molar-refractivity contribution < 1.29 is 14.3 Å². The summed E-state index contributed by atoms with van der Waals surface area (Å²) in [4.78, 5) is 25.8. The van der Waals surface area contributed by atoms with Crippen LogP contribution in [0.4, 0.5) is 0 Å². The molecule has 1 aliphatic rings. The molecule has 20 heavy (non-hydrogen) atoms. The average molecular weight is 275 g/mol. The fourth-order valence-corrected chi connectivity index (χ4v) is 1.69. The highest BCUT2D eigenvalue weighted by molar-refractivity contribution is 6.24. The predicted octanol–water partition coefficient (Wildman–Crippen LogP) is 2.25. The number of rotatable bonds is 4. The zero-order chi connectivity index (χ0) is 15.3. The predicted molar refractivity (Wildman–Crippen MR) is 78.9 cm³/mol. The van der Waals surface area contributed by atoms with Crippen molar-refractivity contribution in [1.29, 1.82) is 0 Å². The van der Waals surface area contributed by atoms with Gasteiger partial charge in [0.2, 0.25) is 5.78 Å². The first-order valence-electron chi connectivity index (χ1n) is 6.37. The highest BCUT2D eigenvalue weighted by Crippen LogP contribution is 2.24. The molecular weight excluding hydrogens is 254 g/mol. The van der Waals surface area contributed by atoms with E-state index in [-0.39, 0.29) is 16.8 Å². The van der Waals surface area contributed by atoms with Crippen molar-refractivity contribution in [3.8, 4) is 0 Å². The lowest BCUT2D eigenvalue weighted by Crippen LogP contribution is -2.19. The van der Waals surface area contributed by atoms with Gasteiger partial charge in [0.1, 0.15) is 5.57 Å². The van der Waals surface area contributed by atoms with E-state index in [1.165, 1.54) is 13.3 Å². The van der Waals surface area contributed by atoms with Crippen LogP contribution in [0, 0.1) is 5.41 Å². The Hall–Kier alpha value is -2.10. The second-order valence-corrected chi connectivity index (χ2v) is 5.46. The Bertz CT molecular complexity index is 520. The van der Waals surface area contributed by atoms with Crippen LogP contribution in [0.3, 0.4) is 0 Å². The van der Waals surface area contributed by atoms with E-state index in [2.05, 4.69) is 4.74 Å². The van der Waals surface area contributed by atoms with Gasteiger partial charge in [-0.05, 0) is 0 Å². The van der Waals surface area contributed by atoms with Crippen molar-refractivity contribution >= 4 is 11.8 Å². The minimum absolute atomic E-state index is 0.0153. The second-order valence-electron chi connectivity index (χ2n) is 5.46. The Labute approximate surface area is 120 Å².